The number of nitrogens with zero attached hydrogens (tertiary/aromatic N) is 2. The van der Waals surface area contributed by atoms with Crippen LogP contribution in [-0.2, 0) is 41.7 Å². The van der Waals surface area contributed by atoms with E-state index in [1.54, 1.807) is 5.06 Å². The second kappa shape index (κ2) is 19.3. The zero-order valence-corrected chi connectivity index (χ0v) is 31.3. The van der Waals surface area contributed by atoms with Gasteiger partial charge in [0.15, 0.2) is 0 Å². The maximum absolute atomic E-state index is 12.9. The monoisotopic (exact) mass is 726 g/mol. The second-order valence-corrected chi connectivity index (χ2v) is 14.6. The number of hydrogen-bond acceptors (Lipinski definition) is 10. The third-order valence-corrected chi connectivity index (χ3v) is 9.36. The van der Waals surface area contributed by atoms with Crippen LogP contribution in [0.3, 0.4) is 0 Å². The largest absolute Gasteiger partial charge is 0.528 e. The molecule has 2 aliphatic heterocycles. The summed E-state index contributed by atoms with van der Waals surface area (Å²) in [5, 5.41) is 3.97. The minimum absolute atomic E-state index is 0.140. The molecule has 0 saturated carbocycles. The molecule has 2 aliphatic rings. The molecule has 0 spiro atoms. The van der Waals surface area contributed by atoms with E-state index in [1.807, 2.05) is 63.2 Å². The van der Waals surface area contributed by atoms with Crippen LogP contribution in [0.2, 0.25) is 0 Å². The average Bonchev–Trinajstić information content (AvgIpc) is 3.15. The Balaban J connectivity index is 1.15. The van der Waals surface area contributed by atoms with Crippen molar-refractivity contribution in [1.29, 1.82) is 0 Å². The lowest BCUT2D eigenvalue weighted by atomic mass is 9.85. The van der Waals surface area contributed by atoms with Crippen LogP contribution in [0.5, 0.6) is 5.75 Å². The molecular formula is C43H54N2O8. The van der Waals surface area contributed by atoms with Crippen molar-refractivity contribution in [2.75, 3.05) is 65.8 Å². The number of hydroxylamine groups is 2. The molecule has 10 nitrogen and oxygen atoms in total. The molecule has 10 heteroatoms. The molecule has 0 aromatic heterocycles. The average molecular weight is 727 g/mol. The number of fused-ring (bicyclic) bond motifs is 1. The maximum Gasteiger partial charge on any atom is 0.528 e. The van der Waals surface area contributed by atoms with E-state index < -0.39 is 11.8 Å². The summed E-state index contributed by atoms with van der Waals surface area (Å²) in [6.07, 6.45) is -0.653. The molecule has 2 heterocycles. The van der Waals surface area contributed by atoms with E-state index in [9.17, 15) is 4.79 Å². The molecule has 0 radical (unpaired) electrons. The summed E-state index contributed by atoms with van der Waals surface area (Å²) >= 11 is 0. The van der Waals surface area contributed by atoms with Gasteiger partial charge in [-0.25, -0.2) is 4.79 Å². The van der Waals surface area contributed by atoms with Crippen molar-refractivity contribution in [3.63, 3.8) is 0 Å². The Hall–Kier alpha value is -4.03. The number of hydrogen-bond donors (Lipinski definition) is 0. The van der Waals surface area contributed by atoms with Crippen LogP contribution < -0.4 is 4.74 Å². The topological polar surface area (TPSA) is 88.2 Å². The first kappa shape index (κ1) is 38.7. The van der Waals surface area contributed by atoms with E-state index >= 15 is 0 Å². The van der Waals surface area contributed by atoms with Crippen LogP contribution in [0.4, 0.5) is 4.79 Å². The second-order valence-electron chi connectivity index (χ2n) is 14.6. The first-order valence-corrected chi connectivity index (χ1v) is 18.8. The van der Waals surface area contributed by atoms with E-state index in [1.165, 1.54) is 5.39 Å². The quantitative estimate of drug-likeness (QED) is 0.0861. The van der Waals surface area contributed by atoms with Crippen molar-refractivity contribution >= 4 is 16.9 Å². The van der Waals surface area contributed by atoms with Gasteiger partial charge in [0.05, 0.1) is 71.5 Å². The number of carbonyl (C=O) groups is 1. The van der Waals surface area contributed by atoms with Gasteiger partial charge in [0.25, 0.3) is 0 Å². The molecule has 0 bridgehead atoms. The number of rotatable bonds is 16. The predicted octanol–water partition coefficient (Wildman–Crippen LogP) is 7.39. The molecule has 2 saturated heterocycles. The first-order valence-electron chi connectivity index (χ1n) is 18.8. The summed E-state index contributed by atoms with van der Waals surface area (Å²) < 4.78 is 36.4. The number of ether oxygens (including phenoxy) is 6. The Morgan fingerprint density at radius 1 is 0.755 bits per heavy atom. The van der Waals surface area contributed by atoms with Crippen LogP contribution in [0.25, 0.3) is 10.8 Å². The van der Waals surface area contributed by atoms with Crippen LogP contribution in [0, 0.1) is 0 Å². The highest BCUT2D eigenvalue weighted by Crippen LogP contribution is 2.35. The van der Waals surface area contributed by atoms with Crippen molar-refractivity contribution < 1.29 is 38.1 Å². The maximum atomic E-state index is 12.9. The standard InChI is InChI=1S/C43H54N2O8/c1-43(2,3)52-42(46)53-45-29-39(50-27-22-44-20-25-47-26-21-44)41(40(30-45)51-32-34-14-15-35-12-7-8-13-37(35)28-34)36-16-18-38(19-17-36)49-24-9-23-48-31-33-10-5-4-6-11-33/h4-8,10-19,28,39-41H,9,20-27,29-32H2,1-3H3. The van der Waals surface area contributed by atoms with Crippen molar-refractivity contribution in [2.45, 2.75) is 64.1 Å². The van der Waals surface area contributed by atoms with Gasteiger partial charge in [-0.2, -0.15) is 0 Å². The highest BCUT2D eigenvalue weighted by Gasteiger charge is 2.41. The Morgan fingerprint density at radius 2 is 1.47 bits per heavy atom. The highest BCUT2D eigenvalue weighted by atomic mass is 16.8. The number of morpholine rings is 1. The fourth-order valence-corrected chi connectivity index (χ4v) is 6.72. The molecule has 0 N–H and O–H groups in total. The molecule has 2 fully saturated rings. The molecule has 6 rings (SSSR count). The predicted molar refractivity (Wildman–Crippen MR) is 204 cm³/mol. The zero-order valence-electron chi connectivity index (χ0n) is 31.3. The van der Waals surface area contributed by atoms with E-state index in [2.05, 4.69) is 59.5 Å². The third-order valence-electron chi connectivity index (χ3n) is 9.36. The van der Waals surface area contributed by atoms with Crippen LogP contribution in [0.1, 0.15) is 49.8 Å². The molecule has 284 valence electrons. The van der Waals surface area contributed by atoms with Crippen LogP contribution in [0.15, 0.2) is 97.1 Å². The number of piperidine rings is 1. The molecular weight excluding hydrogens is 672 g/mol. The van der Waals surface area contributed by atoms with Crippen LogP contribution >= 0.6 is 0 Å². The van der Waals surface area contributed by atoms with E-state index in [0.717, 1.165) is 67.1 Å². The van der Waals surface area contributed by atoms with Gasteiger partial charge in [-0.05, 0) is 66.4 Å². The van der Waals surface area contributed by atoms with E-state index in [0.29, 0.717) is 46.1 Å². The van der Waals surface area contributed by atoms with Gasteiger partial charge >= 0.3 is 6.16 Å². The minimum atomic E-state index is -0.747. The normalized spacial score (nSPS) is 19.9. The summed E-state index contributed by atoms with van der Waals surface area (Å²) in [5.74, 6) is 0.653. The number of carbonyl (C=O) groups excluding carboxylic acids is 1. The van der Waals surface area contributed by atoms with Gasteiger partial charge in [-0.3, -0.25) is 4.90 Å². The van der Waals surface area contributed by atoms with Gasteiger partial charge in [-0.15, -0.1) is 5.06 Å². The van der Waals surface area contributed by atoms with Crippen molar-refractivity contribution in [3.05, 3.63) is 114 Å². The van der Waals surface area contributed by atoms with Crippen molar-refractivity contribution in [2.24, 2.45) is 0 Å². The van der Waals surface area contributed by atoms with Gasteiger partial charge < -0.3 is 33.3 Å². The molecule has 4 aromatic rings. The van der Waals surface area contributed by atoms with Crippen molar-refractivity contribution in [3.8, 4) is 5.75 Å². The highest BCUT2D eigenvalue weighted by molar-refractivity contribution is 5.82. The zero-order chi connectivity index (χ0) is 36.9. The Morgan fingerprint density at radius 3 is 2.23 bits per heavy atom. The molecule has 0 aliphatic carbocycles. The van der Waals surface area contributed by atoms with E-state index in [-0.39, 0.29) is 18.1 Å². The molecule has 53 heavy (non-hydrogen) atoms. The fourth-order valence-electron chi connectivity index (χ4n) is 6.72. The molecule has 3 atom stereocenters. The summed E-state index contributed by atoms with van der Waals surface area (Å²) in [6.45, 7) is 12.8. The lowest BCUT2D eigenvalue weighted by Crippen LogP contribution is -2.53. The van der Waals surface area contributed by atoms with Gasteiger partial charge in [0.2, 0.25) is 0 Å². The third kappa shape index (κ3) is 12.2. The van der Waals surface area contributed by atoms with Crippen molar-refractivity contribution in [1.82, 2.24) is 9.96 Å². The lowest BCUT2D eigenvalue weighted by Gasteiger charge is -2.42. The minimum Gasteiger partial charge on any atom is -0.494 e. The summed E-state index contributed by atoms with van der Waals surface area (Å²) in [5.41, 5.74) is 2.61. The molecule has 0 amide bonds. The summed E-state index contributed by atoms with van der Waals surface area (Å²) in [6, 6.07) is 33.1. The Kier molecular flexibility index (Phi) is 14.1. The lowest BCUT2D eigenvalue weighted by molar-refractivity contribution is -0.208. The number of benzene rings is 4. The SMILES string of the molecule is CC(C)(C)OC(=O)ON1CC(OCCN2CCOCC2)C(c2ccc(OCCCOCc3ccccc3)cc2)C(OCc2ccc3ccccc3c2)C1. The Bertz CT molecular complexity index is 1690. The smallest absolute Gasteiger partial charge is 0.494 e. The summed E-state index contributed by atoms with van der Waals surface area (Å²) in [7, 11) is 0. The van der Waals surface area contributed by atoms with E-state index in [4.69, 9.17) is 33.3 Å². The van der Waals surface area contributed by atoms with Gasteiger partial charge in [-0.1, -0.05) is 78.9 Å². The molecule has 4 aromatic carbocycles. The van der Waals surface area contributed by atoms with Crippen LogP contribution in [-0.4, -0.2) is 99.7 Å². The summed E-state index contributed by atoms with van der Waals surface area (Å²) in [4.78, 5) is 21.0. The first-order chi connectivity index (χ1) is 25.8. The van der Waals surface area contributed by atoms with Gasteiger partial charge in [0, 0.05) is 32.0 Å². The fraction of sp³-hybridized carbons (Fsp3) is 0.465. The molecule has 3 unspecified atom stereocenters. The Labute approximate surface area is 313 Å². The van der Waals surface area contributed by atoms with Gasteiger partial charge in [0.1, 0.15) is 11.4 Å².